The van der Waals surface area contributed by atoms with Crippen LogP contribution in [0.3, 0.4) is 0 Å². The van der Waals surface area contributed by atoms with E-state index in [9.17, 15) is 4.79 Å². The van der Waals surface area contributed by atoms with Gasteiger partial charge in [-0.05, 0) is 49.1 Å². The molecule has 4 aromatic rings. The summed E-state index contributed by atoms with van der Waals surface area (Å²) in [5, 5.41) is 3.15. The van der Waals surface area contributed by atoms with Gasteiger partial charge < -0.3 is 14.5 Å². The number of rotatable bonds is 4. The van der Waals surface area contributed by atoms with E-state index in [1.807, 2.05) is 77.5 Å². The van der Waals surface area contributed by atoms with Gasteiger partial charge in [0.05, 0.1) is 11.1 Å². The summed E-state index contributed by atoms with van der Waals surface area (Å²) in [4.78, 5) is 18.2. The minimum atomic E-state index is -0.558. The topological polar surface area (TPSA) is 55.6 Å². The second-order valence-electron chi connectivity index (χ2n) is 8.14. The van der Waals surface area contributed by atoms with Gasteiger partial charge in [0.15, 0.2) is 0 Å². The lowest BCUT2D eigenvalue weighted by molar-refractivity contribution is -0.125. The Labute approximate surface area is 181 Å². The molecule has 1 N–H and O–H groups in total. The zero-order valence-corrected chi connectivity index (χ0v) is 17.5. The van der Waals surface area contributed by atoms with Crippen LogP contribution < -0.4 is 5.32 Å². The molecule has 2 aromatic carbocycles. The van der Waals surface area contributed by atoms with Gasteiger partial charge in [0.2, 0.25) is 5.91 Å². The molecule has 1 aliphatic heterocycles. The van der Waals surface area contributed by atoms with Crippen molar-refractivity contribution < 1.29 is 9.53 Å². The number of amides is 1. The smallest absolute Gasteiger partial charge is 0.235 e. The maximum Gasteiger partial charge on any atom is 0.235 e. The predicted molar refractivity (Wildman–Crippen MR) is 122 cm³/mol. The second kappa shape index (κ2) is 8.00. The van der Waals surface area contributed by atoms with E-state index >= 15 is 0 Å². The molecule has 3 heterocycles. The summed E-state index contributed by atoms with van der Waals surface area (Å²) in [7, 11) is 0. The van der Waals surface area contributed by atoms with Crippen LogP contribution in [-0.2, 0) is 14.9 Å². The van der Waals surface area contributed by atoms with Crippen LogP contribution in [0.25, 0.3) is 16.9 Å². The number of nitrogens with one attached hydrogen (secondary N) is 1. The van der Waals surface area contributed by atoms with Gasteiger partial charge in [0.25, 0.3) is 0 Å². The molecule has 5 heteroatoms. The highest BCUT2D eigenvalue weighted by atomic mass is 16.5. The molecule has 0 aliphatic carbocycles. The van der Waals surface area contributed by atoms with Crippen molar-refractivity contribution in [2.24, 2.45) is 0 Å². The van der Waals surface area contributed by atoms with Gasteiger partial charge in [0.1, 0.15) is 5.65 Å². The number of aromatic nitrogens is 2. The van der Waals surface area contributed by atoms with Gasteiger partial charge in [0, 0.05) is 36.9 Å². The lowest BCUT2D eigenvalue weighted by atomic mass is 9.73. The summed E-state index contributed by atoms with van der Waals surface area (Å²) in [6, 6.07) is 22.0. The molecule has 31 heavy (non-hydrogen) atoms. The maximum atomic E-state index is 13.4. The Hall–Kier alpha value is -3.44. The number of nitrogens with zero attached hydrogens (tertiary/aromatic N) is 2. The summed E-state index contributed by atoms with van der Waals surface area (Å²) >= 11 is 0. The Morgan fingerprint density at radius 2 is 1.74 bits per heavy atom. The molecular weight excluding hydrogens is 386 g/mol. The fraction of sp³-hybridized carbons (Fsp3) is 0.231. The third kappa shape index (κ3) is 3.62. The molecule has 156 valence electrons. The van der Waals surface area contributed by atoms with Crippen molar-refractivity contribution in [3.05, 3.63) is 90.3 Å². The van der Waals surface area contributed by atoms with Crippen LogP contribution in [0.4, 0.5) is 5.69 Å². The molecule has 0 unspecified atom stereocenters. The van der Waals surface area contributed by atoms with Crippen LogP contribution in [0.1, 0.15) is 24.0 Å². The van der Waals surface area contributed by atoms with Crippen LogP contribution in [0.5, 0.6) is 0 Å². The van der Waals surface area contributed by atoms with E-state index in [4.69, 9.17) is 9.72 Å². The average molecular weight is 412 g/mol. The standard InChI is InChI=1S/C26H25N3O2/c1-19-6-5-15-29-18-23(28-24(19)29)20-9-11-22(12-10-20)27-25(30)26(13-16-31-17-14-26)21-7-3-2-4-8-21/h2-12,15,18H,13-14,16-17H2,1H3,(H,27,30). The number of hydrogen-bond acceptors (Lipinski definition) is 3. The second-order valence-corrected chi connectivity index (χ2v) is 8.14. The molecule has 0 bridgehead atoms. The van der Waals surface area contributed by atoms with E-state index < -0.39 is 5.41 Å². The van der Waals surface area contributed by atoms with Crippen LogP contribution in [0, 0.1) is 6.92 Å². The highest BCUT2D eigenvalue weighted by Gasteiger charge is 2.41. The highest BCUT2D eigenvalue weighted by Crippen LogP contribution is 2.36. The molecule has 0 saturated carbocycles. The van der Waals surface area contributed by atoms with Gasteiger partial charge in [-0.15, -0.1) is 0 Å². The number of pyridine rings is 1. The molecule has 1 amide bonds. The van der Waals surface area contributed by atoms with Crippen molar-refractivity contribution in [3.8, 4) is 11.3 Å². The lowest BCUT2D eigenvalue weighted by Crippen LogP contribution is -2.44. The number of carbonyl (C=O) groups is 1. The van der Waals surface area contributed by atoms with Gasteiger partial charge in [-0.1, -0.05) is 48.5 Å². The van der Waals surface area contributed by atoms with Crippen LogP contribution in [-0.4, -0.2) is 28.5 Å². The average Bonchev–Trinajstić information content (AvgIpc) is 3.26. The third-order valence-corrected chi connectivity index (χ3v) is 6.22. The first-order chi connectivity index (χ1) is 15.2. The van der Waals surface area contributed by atoms with Crippen molar-refractivity contribution in [1.29, 1.82) is 0 Å². The zero-order valence-electron chi connectivity index (χ0n) is 17.5. The first kappa shape index (κ1) is 19.5. The molecule has 0 radical (unpaired) electrons. The zero-order chi connectivity index (χ0) is 21.3. The molecule has 5 rings (SSSR count). The third-order valence-electron chi connectivity index (χ3n) is 6.22. The Kier molecular flexibility index (Phi) is 5.04. The quantitative estimate of drug-likeness (QED) is 0.514. The minimum absolute atomic E-state index is 0.0260. The van der Waals surface area contributed by atoms with Crippen molar-refractivity contribution in [1.82, 2.24) is 9.38 Å². The van der Waals surface area contributed by atoms with Crippen molar-refractivity contribution in [2.45, 2.75) is 25.2 Å². The number of imidazole rings is 1. The largest absolute Gasteiger partial charge is 0.381 e. The lowest BCUT2D eigenvalue weighted by Gasteiger charge is -2.36. The number of benzene rings is 2. The fourth-order valence-electron chi connectivity index (χ4n) is 4.39. The number of anilines is 1. The molecule has 1 saturated heterocycles. The van der Waals surface area contributed by atoms with Crippen molar-refractivity contribution in [2.75, 3.05) is 18.5 Å². The Bertz CT molecular complexity index is 1210. The molecule has 1 fully saturated rings. The van der Waals surface area contributed by atoms with Gasteiger partial charge in [-0.25, -0.2) is 4.98 Å². The summed E-state index contributed by atoms with van der Waals surface area (Å²) < 4.78 is 7.59. The highest BCUT2D eigenvalue weighted by molar-refractivity contribution is 5.99. The number of ether oxygens (including phenoxy) is 1. The SMILES string of the molecule is Cc1cccn2cc(-c3ccc(NC(=O)C4(c5ccccc5)CCOCC4)cc3)nc12. The van der Waals surface area contributed by atoms with Gasteiger partial charge in [-0.2, -0.15) is 0 Å². The molecule has 1 aliphatic rings. The van der Waals surface area contributed by atoms with E-state index in [1.54, 1.807) is 0 Å². The summed E-state index contributed by atoms with van der Waals surface area (Å²) in [6.07, 6.45) is 5.40. The molecule has 2 aromatic heterocycles. The van der Waals surface area contributed by atoms with Crippen LogP contribution >= 0.6 is 0 Å². The van der Waals surface area contributed by atoms with Crippen LogP contribution in [0.15, 0.2) is 79.1 Å². The van der Waals surface area contributed by atoms with E-state index in [0.29, 0.717) is 26.1 Å². The molecule has 0 atom stereocenters. The van der Waals surface area contributed by atoms with E-state index in [0.717, 1.165) is 33.7 Å². The summed E-state index contributed by atoms with van der Waals surface area (Å²) in [5.74, 6) is 0.0260. The number of hydrogen-bond donors (Lipinski definition) is 1. The van der Waals surface area contributed by atoms with Gasteiger partial charge in [-0.3, -0.25) is 4.79 Å². The Balaban J connectivity index is 1.39. The minimum Gasteiger partial charge on any atom is -0.381 e. The van der Waals surface area contributed by atoms with Crippen molar-refractivity contribution in [3.63, 3.8) is 0 Å². The van der Waals surface area contributed by atoms with Gasteiger partial charge >= 0.3 is 0 Å². The summed E-state index contributed by atoms with van der Waals surface area (Å²) in [6.45, 7) is 3.24. The summed E-state index contributed by atoms with van der Waals surface area (Å²) in [5.41, 5.74) is 5.31. The monoisotopic (exact) mass is 411 g/mol. The maximum absolute atomic E-state index is 13.4. The van der Waals surface area contributed by atoms with Crippen LogP contribution in [0.2, 0.25) is 0 Å². The number of aryl methyl sites for hydroxylation is 1. The van der Waals surface area contributed by atoms with E-state index in [1.165, 1.54) is 0 Å². The van der Waals surface area contributed by atoms with Crippen molar-refractivity contribution >= 4 is 17.2 Å². The first-order valence-electron chi connectivity index (χ1n) is 10.7. The normalized spacial score (nSPS) is 15.6. The molecular formula is C26H25N3O2. The molecule has 0 spiro atoms. The number of carbonyl (C=O) groups excluding carboxylic acids is 1. The molecule has 5 nitrogen and oxygen atoms in total. The Morgan fingerprint density at radius 1 is 1.00 bits per heavy atom. The number of fused-ring (bicyclic) bond motifs is 1. The van der Waals surface area contributed by atoms with E-state index in [2.05, 4.69) is 18.3 Å². The predicted octanol–water partition coefficient (Wildman–Crippen LogP) is 5.00. The Morgan fingerprint density at radius 3 is 2.45 bits per heavy atom. The fourth-order valence-corrected chi connectivity index (χ4v) is 4.39. The van der Waals surface area contributed by atoms with E-state index in [-0.39, 0.29) is 5.91 Å². The first-order valence-corrected chi connectivity index (χ1v) is 10.7.